The van der Waals surface area contributed by atoms with Gasteiger partial charge in [-0.05, 0) is 26.7 Å². The van der Waals surface area contributed by atoms with Gasteiger partial charge in [-0.3, -0.25) is 19.6 Å². The van der Waals surface area contributed by atoms with Crippen molar-refractivity contribution in [1.29, 1.82) is 0 Å². The van der Waals surface area contributed by atoms with Crippen molar-refractivity contribution >= 4 is 11.9 Å². The molecule has 0 aromatic rings. The minimum Gasteiger partial charge on any atom is -0.466 e. The highest BCUT2D eigenvalue weighted by Gasteiger charge is 2.32. The normalized spacial score (nSPS) is 32.6. The third-order valence-corrected chi connectivity index (χ3v) is 5.52. The molecule has 25 heavy (non-hydrogen) atoms. The Bertz CT molecular complexity index is 476. The molecule has 0 aliphatic carbocycles. The van der Waals surface area contributed by atoms with Crippen LogP contribution in [0.4, 0.5) is 0 Å². The van der Waals surface area contributed by atoms with E-state index in [0.717, 1.165) is 45.0 Å². The number of esters is 1. The topological polar surface area (TPSA) is 60.4 Å². The van der Waals surface area contributed by atoms with Gasteiger partial charge in [-0.1, -0.05) is 0 Å². The zero-order valence-corrected chi connectivity index (χ0v) is 15.7. The predicted molar refractivity (Wildman–Crippen MR) is 98.7 cm³/mol. The van der Waals surface area contributed by atoms with Gasteiger partial charge < -0.3 is 15.0 Å². The molecule has 2 unspecified atom stereocenters. The molecule has 0 aromatic carbocycles. The summed E-state index contributed by atoms with van der Waals surface area (Å²) in [6.45, 7) is 13.7. The third-order valence-electron chi connectivity index (χ3n) is 5.52. The fourth-order valence-corrected chi connectivity index (χ4v) is 4.14. The molecule has 4 heterocycles. The van der Waals surface area contributed by atoms with E-state index in [1.807, 2.05) is 6.92 Å². The number of nitrogens with one attached hydrogen (secondary N) is 1. The second kappa shape index (κ2) is 8.85. The van der Waals surface area contributed by atoms with E-state index in [4.69, 9.17) is 9.73 Å². The van der Waals surface area contributed by atoms with E-state index < -0.39 is 0 Å². The van der Waals surface area contributed by atoms with Gasteiger partial charge in [0.15, 0.2) is 5.96 Å². The number of fused-ring (bicyclic) bond motifs is 3. The summed E-state index contributed by atoms with van der Waals surface area (Å²) in [7, 11) is 0. The fraction of sp³-hybridized carbons (Fsp3) is 0.889. The predicted octanol–water partition coefficient (Wildman–Crippen LogP) is 0.227. The summed E-state index contributed by atoms with van der Waals surface area (Å²) >= 11 is 0. The van der Waals surface area contributed by atoms with Gasteiger partial charge in [0.1, 0.15) is 0 Å². The quantitative estimate of drug-likeness (QED) is 0.435. The minimum atomic E-state index is -0.0634. The number of rotatable bonds is 5. The molecular weight excluding hydrogens is 318 g/mol. The summed E-state index contributed by atoms with van der Waals surface area (Å²) in [6.07, 6.45) is 1.93. The lowest BCUT2D eigenvalue weighted by Crippen LogP contribution is -2.62. The average Bonchev–Trinajstić information content (AvgIpc) is 2.66. The molecule has 7 heteroatoms. The van der Waals surface area contributed by atoms with E-state index in [0.29, 0.717) is 19.2 Å². The van der Waals surface area contributed by atoms with Crippen LogP contribution in [-0.2, 0) is 9.53 Å². The molecule has 4 fully saturated rings. The largest absolute Gasteiger partial charge is 0.466 e. The maximum atomic E-state index is 12.1. The molecule has 0 saturated carbocycles. The van der Waals surface area contributed by atoms with E-state index in [2.05, 4.69) is 26.9 Å². The number of piperidine rings is 1. The van der Waals surface area contributed by atoms with Crippen LogP contribution < -0.4 is 5.32 Å². The van der Waals surface area contributed by atoms with Crippen molar-refractivity contribution in [1.82, 2.24) is 20.0 Å². The number of hydrogen-bond donors (Lipinski definition) is 1. The van der Waals surface area contributed by atoms with Gasteiger partial charge in [0, 0.05) is 58.4 Å². The Balaban J connectivity index is 1.60. The monoisotopic (exact) mass is 351 g/mol. The number of likely N-dealkylation sites (tertiary alicyclic amines) is 1. The van der Waals surface area contributed by atoms with Crippen LogP contribution in [0.5, 0.6) is 0 Å². The van der Waals surface area contributed by atoms with E-state index >= 15 is 0 Å². The molecule has 2 bridgehead atoms. The number of carbonyl (C=O) groups is 1. The number of carbonyl (C=O) groups excluding carboxylic acids is 1. The van der Waals surface area contributed by atoms with Gasteiger partial charge >= 0.3 is 5.97 Å². The van der Waals surface area contributed by atoms with Crippen molar-refractivity contribution in [3.63, 3.8) is 0 Å². The molecule has 4 saturated heterocycles. The van der Waals surface area contributed by atoms with Gasteiger partial charge in [0.05, 0.1) is 19.1 Å². The van der Waals surface area contributed by atoms with Crippen LogP contribution in [0.3, 0.4) is 0 Å². The van der Waals surface area contributed by atoms with Crippen molar-refractivity contribution < 1.29 is 9.53 Å². The van der Waals surface area contributed by atoms with Crippen LogP contribution in [0.25, 0.3) is 0 Å². The van der Waals surface area contributed by atoms with Crippen molar-refractivity contribution in [2.45, 2.75) is 32.7 Å². The van der Waals surface area contributed by atoms with E-state index in [9.17, 15) is 4.79 Å². The molecule has 4 rings (SSSR count). The van der Waals surface area contributed by atoms with E-state index in [1.54, 1.807) is 0 Å². The first-order valence-corrected chi connectivity index (χ1v) is 9.87. The Hall–Kier alpha value is -1.34. The first kappa shape index (κ1) is 18.5. The van der Waals surface area contributed by atoms with E-state index in [1.165, 1.54) is 26.2 Å². The highest BCUT2D eigenvalue weighted by molar-refractivity contribution is 5.81. The van der Waals surface area contributed by atoms with Crippen LogP contribution in [0, 0.1) is 5.92 Å². The number of nitrogens with zero attached hydrogens (tertiary/aromatic N) is 4. The first-order valence-electron chi connectivity index (χ1n) is 9.87. The highest BCUT2D eigenvalue weighted by atomic mass is 16.5. The molecule has 4 aliphatic heterocycles. The van der Waals surface area contributed by atoms with Crippen LogP contribution in [0.2, 0.25) is 0 Å². The molecule has 0 spiro atoms. The lowest BCUT2D eigenvalue weighted by atomic mass is 9.98. The van der Waals surface area contributed by atoms with Crippen molar-refractivity contribution in [2.75, 3.05) is 65.5 Å². The Kier molecular flexibility index (Phi) is 6.53. The second-order valence-electron chi connectivity index (χ2n) is 7.22. The number of piperazine rings is 3. The van der Waals surface area contributed by atoms with Gasteiger partial charge in [-0.15, -0.1) is 0 Å². The summed E-state index contributed by atoms with van der Waals surface area (Å²) < 4.78 is 5.22. The van der Waals surface area contributed by atoms with E-state index in [-0.39, 0.29) is 11.9 Å². The summed E-state index contributed by atoms with van der Waals surface area (Å²) in [5, 5.41) is 3.42. The van der Waals surface area contributed by atoms with Crippen molar-refractivity contribution in [3.8, 4) is 0 Å². The molecule has 0 radical (unpaired) electrons. The summed E-state index contributed by atoms with van der Waals surface area (Å²) in [5.74, 6) is 0.860. The zero-order chi connectivity index (χ0) is 17.6. The highest BCUT2D eigenvalue weighted by Crippen LogP contribution is 2.19. The minimum absolute atomic E-state index is 0.0295. The van der Waals surface area contributed by atoms with Gasteiger partial charge in [0.25, 0.3) is 0 Å². The Labute approximate surface area is 151 Å². The Morgan fingerprint density at radius 1 is 1.16 bits per heavy atom. The maximum Gasteiger partial charge on any atom is 0.310 e. The van der Waals surface area contributed by atoms with Gasteiger partial charge in [0.2, 0.25) is 0 Å². The molecule has 7 nitrogen and oxygen atoms in total. The second-order valence-corrected chi connectivity index (χ2v) is 7.22. The molecule has 142 valence electrons. The maximum absolute atomic E-state index is 12.1. The molecule has 1 N–H and O–H groups in total. The number of hydrogen-bond acceptors (Lipinski definition) is 5. The Morgan fingerprint density at radius 3 is 2.60 bits per heavy atom. The van der Waals surface area contributed by atoms with Crippen molar-refractivity contribution in [3.05, 3.63) is 0 Å². The Morgan fingerprint density at radius 2 is 1.96 bits per heavy atom. The smallest absolute Gasteiger partial charge is 0.310 e. The van der Waals surface area contributed by atoms with Crippen LogP contribution >= 0.6 is 0 Å². The van der Waals surface area contributed by atoms with Crippen LogP contribution in [-0.4, -0.2) is 98.2 Å². The SMILES string of the molecule is CCNC(=NCC1CN2CCN1CC2)N1CCCC(C(=O)OCC)C1. The standard InChI is InChI=1S/C18H33N5O2/c1-3-19-18(20-12-16-14-21-8-10-22(16)11-9-21)23-7-5-6-15(13-23)17(24)25-4-2/h15-16H,3-14H2,1-2H3,(H,19,20). The summed E-state index contributed by atoms with van der Waals surface area (Å²) in [6, 6.07) is 0.529. The third kappa shape index (κ3) is 4.64. The molecule has 0 aromatic heterocycles. The molecule has 0 amide bonds. The van der Waals surface area contributed by atoms with Crippen LogP contribution in [0.15, 0.2) is 4.99 Å². The van der Waals surface area contributed by atoms with Crippen molar-refractivity contribution in [2.24, 2.45) is 10.9 Å². The molecule has 4 aliphatic rings. The average molecular weight is 351 g/mol. The first-order chi connectivity index (χ1) is 12.2. The molecular formula is C18H33N5O2. The fourth-order valence-electron chi connectivity index (χ4n) is 4.14. The number of aliphatic imine (C=N–C) groups is 1. The van der Waals surface area contributed by atoms with Gasteiger partial charge in [-0.25, -0.2) is 0 Å². The lowest BCUT2D eigenvalue weighted by molar-refractivity contribution is -0.149. The summed E-state index contributed by atoms with van der Waals surface area (Å²) in [5.41, 5.74) is 0. The van der Waals surface area contributed by atoms with Crippen LogP contribution in [0.1, 0.15) is 26.7 Å². The lowest BCUT2D eigenvalue weighted by Gasteiger charge is -2.47. The zero-order valence-electron chi connectivity index (χ0n) is 15.7. The number of guanidine groups is 1. The molecule has 2 atom stereocenters. The number of ether oxygens (including phenoxy) is 1. The summed E-state index contributed by atoms with van der Waals surface area (Å²) in [4.78, 5) is 24.4. The van der Waals surface area contributed by atoms with Gasteiger partial charge in [-0.2, -0.15) is 0 Å².